The molecule has 1 aromatic rings. The van der Waals surface area contributed by atoms with Crippen molar-refractivity contribution in [2.75, 3.05) is 18.5 Å². The average Bonchev–Trinajstić information content (AvgIpc) is 2.31. The maximum Gasteiger partial charge on any atom is 0.171 e. The van der Waals surface area contributed by atoms with Gasteiger partial charge in [0, 0.05) is 19.2 Å². The molecule has 1 rings (SSSR count). The predicted octanol–water partition coefficient (Wildman–Crippen LogP) is 2.53. The van der Waals surface area contributed by atoms with Gasteiger partial charge < -0.3 is 15.8 Å². The van der Waals surface area contributed by atoms with Gasteiger partial charge in [0.25, 0.3) is 0 Å². The first kappa shape index (κ1) is 13.8. The number of halogens is 2. The summed E-state index contributed by atoms with van der Waals surface area (Å²) in [6.45, 7) is 2.78. The highest BCUT2D eigenvalue weighted by Gasteiger charge is 2.15. The van der Waals surface area contributed by atoms with Gasteiger partial charge in [-0.25, -0.2) is 4.39 Å². The summed E-state index contributed by atoms with van der Waals surface area (Å²) in [6.07, 6.45) is 0.926. The van der Waals surface area contributed by atoms with E-state index >= 15 is 0 Å². The van der Waals surface area contributed by atoms with Gasteiger partial charge in [0.2, 0.25) is 0 Å². The standard InChI is InChI=1S/C11H15BrFN3O/c1-3-6-16(2)8-5-4-7(11(14)15-17)9(12)10(8)13/h4-5,17H,3,6H2,1-2H3,(H2,14,15). The number of benzene rings is 1. The van der Waals surface area contributed by atoms with E-state index in [1.807, 2.05) is 18.9 Å². The Labute approximate surface area is 108 Å². The molecule has 17 heavy (non-hydrogen) atoms. The van der Waals surface area contributed by atoms with Crippen LogP contribution in [0.15, 0.2) is 21.8 Å². The Morgan fingerprint density at radius 3 is 2.76 bits per heavy atom. The first-order valence-corrected chi connectivity index (χ1v) is 5.99. The molecule has 0 aliphatic rings. The van der Waals surface area contributed by atoms with Crippen LogP contribution in [0.25, 0.3) is 0 Å². The monoisotopic (exact) mass is 303 g/mol. The maximum absolute atomic E-state index is 14.1. The van der Waals surface area contributed by atoms with Gasteiger partial charge in [-0.2, -0.15) is 0 Å². The van der Waals surface area contributed by atoms with Crippen molar-refractivity contribution in [3.05, 3.63) is 28.0 Å². The molecule has 0 amide bonds. The molecule has 6 heteroatoms. The molecule has 0 fully saturated rings. The van der Waals surface area contributed by atoms with Crippen LogP contribution in [0.4, 0.5) is 10.1 Å². The van der Waals surface area contributed by atoms with Gasteiger partial charge in [0.15, 0.2) is 11.7 Å². The third-order valence-electron chi connectivity index (χ3n) is 2.42. The molecule has 0 aromatic heterocycles. The molecule has 0 aliphatic heterocycles. The first-order chi connectivity index (χ1) is 8.02. The second kappa shape index (κ2) is 5.86. The van der Waals surface area contributed by atoms with Gasteiger partial charge in [0.1, 0.15) is 0 Å². The quantitative estimate of drug-likeness (QED) is 0.389. The zero-order valence-corrected chi connectivity index (χ0v) is 11.3. The number of rotatable bonds is 4. The summed E-state index contributed by atoms with van der Waals surface area (Å²) < 4.78 is 14.3. The molecule has 0 saturated heterocycles. The van der Waals surface area contributed by atoms with Crippen molar-refractivity contribution in [1.82, 2.24) is 0 Å². The highest BCUT2D eigenvalue weighted by Crippen LogP contribution is 2.28. The lowest BCUT2D eigenvalue weighted by atomic mass is 10.1. The van der Waals surface area contributed by atoms with Crippen LogP contribution < -0.4 is 10.6 Å². The van der Waals surface area contributed by atoms with Crippen molar-refractivity contribution in [1.29, 1.82) is 0 Å². The molecule has 0 unspecified atom stereocenters. The van der Waals surface area contributed by atoms with Gasteiger partial charge in [-0.3, -0.25) is 0 Å². The molecule has 0 atom stereocenters. The van der Waals surface area contributed by atoms with Gasteiger partial charge in [0.05, 0.1) is 10.2 Å². The smallest absolute Gasteiger partial charge is 0.171 e. The summed E-state index contributed by atoms with van der Waals surface area (Å²) in [5.41, 5.74) is 6.25. The SMILES string of the molecule is CCCN(C)c1ccc(/C(N)=N/O)c(Br)c1F. The molecule has 0 heterocycles. The van der Waals surface area contributed by atoms with Crippen LogP contribution in [-0.2, 0) is 0 Å². The van der Waals surface area contributed by atoms with E-state index in [1.54, 1.807) is 12.1 Å². The minimum Gasteiger partial charge on any atom is -0.409 e. The molecule has 0 spiro atoms. The zero-order valence-electron chi connectivity index (χ0n) is 9.74. The van der Waals surface area contributed by atoms with Crippen LogP contribution in [0.2, 0.25) is 0 Å². The fourth-order valence-corrected chi connectivity index (χ4v) is 2.08. The van der Waals surface area contributed by atoms with Crippen LogP contribution in [0.5, 0.6) is 0 Å². The predicted molar refractivity (Wildman–Crippen MR) is 70.2 cm³/mol. The summed E-state index contributed by atoms with van der Waals surface area (Å²) in [7, 11) is 1.82. The molecule has 0 radical (unpaired) electrons. The highest BCUT2D eigenvalue weighted by atomic mass is 79.9. The van der Waals surface area contributed by atoms with Crippen molar-refractivity contribution < 1.29 is 9.60 Å². The van der Waals surface area contributed by atoms with Crippen molar-refractivity contribution in [3.8, 4) is 0 Å². The van der Waals surface area contributed by atoms with Gasteiger partial charge >= 0.3 is 0 Å². The molecule has 1 aromatic carbocycles. The van der Waals surface area contributed by atoms with Crippen LogP contribution in [-0.4, -0.2) is 24.6 Å². The number of hydrogen-bond donors (Lipinski definition) is 2. The van der Waals surface area contributed by atoms with Gasteiger partial charge in [-0.1, -0.05) is 12.1 Å². The van der Waals surface area contributed by atoms with E-state index in [0.717, 1.165) is 13.0 Å². The third-order valence-corrected chi connectivity index (χ3v) is 3.19. The molecular formula is C11H15BrFN3O. The van der Waals surface area contributed by atoms with E-state index in [4.69, 9.17) is 10.9 Å². The fraction of sp³-hybridized carbons (Fsp3) is 0.364. The number of nitrogens with two attached hydrogens (primary N) is 1. The Morgan fingerprint density at radius 1 is 1.59 bits per heavy atom. The van der Waals surface area contributed by atoms with Crippen LogP contribution in [0, 0.1) is 5.82 Å². The number of nitrogens with zero attached hydrogens (tertiary/aromatic N) is 2. The summed E-state index contributed by atoms with van der Waals surface area (Å²) >= 11 is 3.12. The summed E-state index contributed by atoms with van der Waals surface area (Å²) in [5.74, 6) is -0.537. The minimum absolute atomic E-state index is 0.125. The van der Waals surface area contributed by atoms with Crippen molar-refractivity contribution in [2.45, 2.75) is 13.3 Å². The molecule has 0 aliphatic carbocycles. The number of amidine groups is 1. The van der Waals surface area contributed by atoms with E-state index in [1.165, 1.54) is 0 Å². The first-order valence-electron chi connectivity index (χ1n) is 5.20. The van der Waals surface area contributed by atoms with Crippen LogP contribution in [0.3, 0.4) is 0 Å². The Balaban J connectivity index is 3.19. The summed E-state index contributed by atoms with van der Waals surface area (Å²) in [6, 6.07) is 3.23. The molecular weight excluding hydrogens is 289 g/mol. The zero-order chi connectivity index (χ0) is 13.0. The maximum atomic E-state index is 14.1. The molecule has 94 valence electrons. The number of hydrogen-bond acceptors (Lipinski definition) is 3. The number of oxime groups is 1. The minimum atomic E-state index is -0.412. The molecule has 4 nitrogen and oxygen atoms in total. The van der Waals surface area contributed by atoms with E-state index in [-0.39, 0.29) is 10.3 Å². The van der Waals surface area contributed by atoms with Crippen LogP contribution >= 0.6 is 15.9 Å². The highest BCUT2D eigenvalue weighted by molar-refractivity contribution is 9.10. The Bertz CT molecular complexity index is 437. The lowest BCUT2D eigenvalue weighted by Gasteiger charge is -2.20. The second-order valence-electron chi connectivity index (χ2n) is 3.67. The van der Waals surface area contributed by atoms with E-state index in [2.05, 4.69) is 21.1 Å². The summed E-state index contributed by atoms with van der Waals surface area (Å²) in [5, 5.41) is 11.4. The number of anilines is 1. The lowest BCUT2D eigenvalue weighted by molar-refractivity contribution is 0.318. The van der Waals surface area contributed by atoms with Gasteiger partial charge in [-0.05, 0) is 34.5 Å². The van der Waals surface area contributed by atoms with Crippen molar-refractivity contribution >= 4 is 27.5 Å². The van der Waals surface area contributed by atoms with E-state index in [0.29, 0.717) is 11.3 Å². The topological polar surface area (TPSA) is 61.8 Å². The molecule has 0 saturated carbocycles. The van der Waals surface area contributed by atoms with Crippen molar-refractivity contribution in [3.63, 3.8) is 0 Å². The van der Waals surface area contributed by atoms with Crippen molar-refractivity contribution in [2.24, 2.45) is 10.9 Å². The Hall–Kier alpha value is -1.30. The molecule has 3 N–H and O–H groups in total. The van der Waals surface area contributed by atoms with E-state index < -0.39 is 5.82 Å². The lowest BCUT2D eigenvalue weighted by Crippen LogP contribution is -2.20. The largest absolute Gasteiger partial charge is 0.409 e. The Kier molecular flexibility index (Phi) is 4.74. The second-order valence-corrected chi connectivity index (χ2v) is 4.46. The van der Waals surface area contributed by atoms with E-state index in [9.17, 15) is 4.39 Å². The third kappa shape index (κ3) is 2.88. The average molecular weight is 304 g/mol. The normalized spacial score (nSPS) is 11.6. The summed E-state index contributed by atoms with van der Waals surface area (Å²) in [4.78, 5) is 1.82. The van der Waals surface area contributed by atoms with Crippen LogP contribution in [0.1, 0.15) is 18.9 Å². The molecule has 0 bridgehead atoms. The fourth-order valence-electron chi connectivity index (χ4n) is 1.54. The van der Waals surface area contributed by atoms with Gasteiger partial charge in [-0.15, -0.1) is 0 Å². The Morgan fingerprint density at radius 2 is 2.24 bits per heavy atom.